The first-order valence-electron chi connectivity index (χ1n) is 19.4. The summed E-state index contributed by atoms with van der Waals surface area (Å²) < 4.78 is 55.8. The molecule has 0 saturated heterocycles. The van der Waals surface area contributed by atoms with Gasteiger partial charge in [0.05, 0.1) is 8.80 Å². The minimum Gasteiger partial charge on any atom is -0.433 e. The van der Waals surface area contributed by atoms with Gasteiger partial charge in [-0.3, -0.25) is 0 Å². The maximum absolute atomic E-state index is 6.50. The molecule has 0 aromatic rings. The van der Waals surface area contributed by atoms with Crippen LogP contribution in [0.5, 0.6) is 0 Å². The summed E-state index contributed by atoms with van der Waals surface area (Å²) in [6.45, 7) is 60.2. The average molecular weight is 984 g/mol. The molecule has 21 heteroatoms. The molecule has 0 aromatic heterocycles. The third kappa shape index (κ3) is 32.7. The highest BCUT2D eigenvalue weighted by atomic mass is 35.5. The molecule has 0 amide bonds. The van der Waals surface area contributed by atoms with Gasteiger partial charge in [0, 0.05) is 25.8 Å². The van der Waals surface area contributed by atoms with Crippen molar-refractivity contribution in [1.29, 1.82) is 0 Å². The van der Waals surface area contributed by atoms with E-state index >= 15 is 0 Å². The van der Waals surface area contributed by atoms with E-state index < -0.39 is 93.4 Å². The fourth-order valence-corrected chi connectivity index (χ4v) is 45.7. The molecule has 0 aliphatic rings. The minimum atomic E-state index is -2.81. The van der Waals surface area contributed by atoms with Gasteiger partial charge in [-0.2, -0.15) is 0 Å². The fourth-order valence-electron chi connectivity index (χ4n) is 5.15. The summed E-state index contributed by atoms with van der Waals surface area (Å²) in [5, 5.41) is 0. The second kappa shape index (κ2) is 24.7. The molecule has 55 heavy (non-hydrogen) atoms. The predicted molar refractivity (Wildman–Crippen MR) is 269 cm³/mol. The van der Waals surface area contributed by atoms with Gasteiger partial charge in [-0.25, -0.2) is 0 Å². The van der Waals surface area contributed by atoms with Crippen LogP contribution in [0.25, 0.3) is 0 Å². The molecule has 0 radical (unpaired) electrons. The largest absolute Gasteiger partial charge is 0.468 e. The number of hydrogen-bond acceptors (Lipinski definition) is 9. The lowest BCUT2D eigenvalue weighted by atomic mass is 10.6. The van der Waals surface area contributed by atoms with Crippen molar-refractivity contribution >= 4 is 105 Å². The summed E-state index contributed by atoms with van der Waals surface area (Å²) in [6.07, 6.45) is 1.84. The van der Waals surface area contributed by atoms with Crippen molar-refractivity contribution in [3.05, 3.63) is 49.1 Å². The third-order valence-corrected chi connectivity index (χ3v) is 42.5. The summed E-state index contributed by atoms with van der Waals surface area (Å²) >= 11 is 5.74. The minimum absolute atomic E-state index is 0.664. The lowest BCUT2D eigenvalue weighted by molar-refractivity contribution is 0.234. The molecule has 0 bridgehead atoms. The highest BCUT2D eigenvalue weighted by molar-refractivity contribution is 6.93. The summed E-state index contributed by atoms with van der Waals surface area (Å²) in [6, 6.07) is 0.936. The van der Waals surface area contributed by atoms with Crippen LogP contribution < -0.4 is 0 Å². The van der Waals surface area contributed by atoms with E-state index in [1.807, 2.05) is 29.3 Å². The molecule has 0 rings (SSSR count). The number of halogens is 1. The Morgan fingerprint density at radius 3 is 1.13 bits per heavy atom. The summed E-state index contributed by atoms with van der Waals surface area (Å²) in [5.74, 6) is 0.664. The standard InChI is InChI=1S/C14H36O4Si5.C10H27ClO3Si3.C10H24O2Si3/c1-13-20(6,7)16-22(10,11)18-23(12,15-19(3,4)5)17-21(8,9)14-2;1-12-17(6,9-7-8-11)14-16(4,5)13-10-15(2)3;1-9-13(3,4)11-15(7,8)12-14(5,6)10-2/h13-14H,1-2H2,3-12H3;15H,7-10H2,1-6H3;9-10H,1-2H2,3-8H3. The van der Waals surface area contributed by atoms with Gasteiger partial charge < -0.3 is 37.7 Å². The number of alkyl halides is 1. The highest BCUT2D eigenvalue weighted by Crippen LogP contribution is 2.28. The fraction of sp³-hybridized carbons (Fsp3) is 0.765. The highest BCUT2D eigenvalue weighted by Gasteiger charge is 2.49. The maximum Gasteiger partial charge on any atom is 0.468 e. The molecule has 328 valence electrons. The van der Waals surface area contributed by atoms with Gasteiger partial charge in [0.25, 0.3) is 0 Å². The van der Waals surface area contributed by atoms with E-state index in [1.54, 1.807) is 7.11 Å². The van der Waals surface area contributed by atoms with Gasteiger partial charge in [-0.05, 0) is 130 Å². The van der Waals surface area contributed by atoms with Gasteiger partial charge in [-0.1, -0.05) is 35.9 Å². The van der Waals surface area contributed by atoms with Crippen molar-refractivity contribution in [3.63, 3.8) is 0 Å². The zero-order valence-electron chi connectivity index (χ0n) is 39.6. The zero-order chi connectivity index (χ0) is 44.6. The van der Waals surface area contributed by atoms with Crippen molar-refractivity contribution in [2.45, 2.75) is 150 Å². The smallest absolute Gasteiger partial charge is 0.433 e. The van der Waals surface area contributed by atoms with Crippen LogP contribution in [0.3, 0.4) is 0 Å². The molecule has 0 saturated carbocycles. The zero-order valence-corrected chi connectivity index (χ0v) is 51.5. The molecule has 2 atom stereocenters. The Labute approximate surface area is 358 Å². The Balaban J connectivity index is -0.000000758. The Morgan fingerprint density at radius 2 is 0.836 bits per heavy atom. The lowest BCUT2D eigenvalue weighted by Gasteiger charge is -2.42. The van der Waals surface area contributed by atoms with Crippen LogP contribution in [-0.2, 0) is 37.7 Å². The molecule has 0 aromatic carbocycles. The van der Waals surface area contributed by atoms with Gasteiger partial charge in [-0.15, -0.1) is 37.9 Å². The quantitative estimate of drug-likeness (QED) is 0.0656. The average Bonchev–Trinajstić information content (AvgIpc) is 2.96. The van der Waals surface area contributed by atoms with Crippen molar-refractivity contribution in [2.75, 3.05) is 19.2 Å². The van der Waals surface area contributed by atoms with Crippen molar-refractivity contribution in [3.8, 4) is 0 Å². The van der Waals surface area contributed by atoms with Crippen LogP contribution in [0.1, 0.15) is 6.42 Å². The molecule has 0 heterocycles. The van der Waals surface area contributed by atoms with Crippen molar-refractivity contribution in [1.82, 2.24) is 0 Å². The maximum atomic E-state index is 6.50. The number of rotatable bonds is 25. The molecule has 0 fully saturated rings. The van der Waals surface area contributed by atoms with Gasteiger partial charge in [0.2, 0.25) is 8.32 Å². The van der Waals surface area contributed by atoms with E-state index in [1.165, 1.54) is 0 Å². The van der Waals surface area contributed by atoms with Crippen LogP contribution in [-0.4, -0.2) is 113 Å². The van der Waals surface area contributed by atoms with E-state index in [9.17, 15) is 0 Å². The topological polar surface area (TPSA) is 83.1 Å². The Bertz CT molecular complexity index is 1140. The van der Waals surface area contributed by atoms with Crippen molar-refractivity contribution in [2.24, 2.45) is 0 Å². The summed E-state index contributed by atoms with van der Waals surface area (Å²) in [7, 11) is -19.6. The molecular formula is C34H87ClO9Si11. The molecule has 0 N–H and O–H groups in total. The van der Waals surface area contributed by atoms with E-state index in [0.717, 1.165) is 18.7 Å². The summed E-state index contributed by atoms with van der Waals surface area (Å²) in [5.41, 5.74) is 7.76. The van der Waals surface area contributed by atoms with Gasteiger partial charge >= 0.3 is 43.0 Å². The van der Waals surface area contributed by atoms with E-state index in [-0.39, 0.29) is 0 Å². The molecular weight excluding hydrogens is 897 g/mol. The third-order valence-electron chi connectivity index (χ3n) is 7.29. The molecule has 0 aliphatic carbocycles. The molecule has 0 aliphatic heterocycles. The first-order valence-corrected chi connectivity index (χ1v) is 51.6. The predicted octanol–water partition coefficient (Wildman–Crippen LogP) is 11.7. The molecule has 0 spiro atoms. The van der Waals surface area contributed by atoms with E-state index in [0.29, 0.717) is 5.88 Å². The van der Waals surface area contributed by atoms with Gasteiger partial charge in [0.15, 0.2) is 33.3 Å². The second-order valence-corrected chi connectivity index (χ2v) is 60.4. The van der Waals surface area contributed by atoms with Gasteiger partial charge in [0.1, 0.15) is 0 Å². The normalized spacial score (nSPS) is 15.8. The van der Waals surface area contributed by atoms with Crippen LogP contribution >= 0.6 is 11.6 Å². The van der Waals surface area contributed by atoms with Crippen LogP contribution in [0.4, 0.5) is 0 Å². The van der Waals surface area contributed by atoms with Crippen LogP contribution in [0, 0.1) is 0 Å². The van der Waals surface area contributed by atoms with E-state index in [4.69, 9.17) is 49.3 Å². The second-order valence-electron chi connectivity index (χ2n) is 19.0. The molecule has 9 nitrogen and oxygen atoms in total. The monoisotopic (exact) mass is 982 g/mol. The first kappa shape index (κ1) is 60.6. The molecule has 2 unspecified atom stereocenters. The van der Waals surface area contributed by atoms with Crippen LogP contribution in [0.15, 0.2) is 49.1 Å². The van der Waals surface area contributed by atoms with Crippen LogP contribution in [0.2, 0.25) is 144 Å². The first-order chi connectivity index (χ1) is 24.2. The Hall–Kier alpha value is 1.28. The van der Waals surface area contributed by atoms with E-state index in [2.05, 4.69) is 157 Å². The Kier molecular flexibility index (Phi) is 27.2. The lowest BCUT2D eigenvalue weighted by Crippen LogP contribution is -2.61. The Morgan fingerprint density at radius 1 is 0.491 bits per heavy atom. The summed E-state index contributed by atoms with van der Waals surface area (Å²) in [4.78, 5) is 0. The SMILES string of the molecule is C=C[Si](C)(C)O[Si](C)(C)O[Si](C)(C)C=C.C=C[Si](C)(C)O[Si](C)(C)O[Si](C)(O[Si](C)(C)C)O[Si](C)(C)C=C.CO[Si](C)(CCCCl)O[Si](C)(C)OC[SiH](C)C. The van der Waals surface area contributed by atoms with Crippen molar-refractivity contribution < 1.29 is 37.7 Å². The number of hydrogen-bond donors (Lipinski definition) is 0.